The van der Waals surface area contributed by atoms with Gasteiger partial charge in [-0.25, -0.2) is 9.67 Å². The number of H-pyrrole nitrogens is 1. The third-order valence-electron chi connectivity index (χ3n) is 2.71. The molecule has 4 nitrogen and oxygen atoms in total. The minimum atomic E-state index is -4.44. The highest BCUT2D eigenvalue weighted by atomic mass is 79.9. The van der Waals surface area contributed by atoms with E-state index in [9.17, 15) is 18.0 Å². The molecule has 2 aromatic heterocycles. The van der Waals surface area contributed by atoms with E-state index in [4.69, 9.17) is 0 Å². The summed E-state index contributed by atoms with van der Waals surface area (Å²) in [5, 5.41) is 2.84. The molecule has 108 valence electrons. The van der Waals surface area contributed by atoms with Crippen molar-refractivity contribution in [3.05, 3.63) is 44.4 Å². The summed E-state index contributed by atoms with van der Waals surface area (Å²) in [6, 6.07) is 2.05. The second kappa shape index (κ2) is 5.43. The minimum Gasteiger partial charge on any atom is -0.292 e. The molecule has 2 aromatic rings. The first-order valence-electron chi connectivity index (χ1n) is 5.87. The Morgan fingerprint density at radius 3 is 2.60 bits per heavy atom. The SMILES string of the molecule is CCCc1[nH]n(-c2ccc(C(F)(F)F)cn2)c(=O)c1Br. The highest BCUT2D eigenvalue weighted by Crippen LogP contribution is 2.28. The van der Waals surface area contributed by atoms with Gasteiger partial charge in [-0.2, -0.15) is 13.2 Å². The maximum Gasteiger partial charge on any atom is 0.417 e. The van der Waals surface area contributed by atoms with Gasteiger partial charge in [0.1, 0.15) is 4.47 Å². The zero-order valence-corrected chi connectivity index (χ0v) is 12.0. The highest BCUT2D eigenvalue weighted by molar-refractivity contribution is 9.10. The summed E-state index contributed by atoms with van der Waals surface area (Å²) in [6.07, 6.45) is -2.25. The van der Waals surface area contributed by atoms with E-state index in [2.05, 4.69) is 26.0 Å². The molecule has 0 amide bonds. The quantitative estimate of drug-likeness (QED) is 0.924. The number of aryl methyl sites for hydroxylation is 1. The molecule has 2 rings (SSSR count). The predicted molar refractivity (Wildman–Crippen MR) is 70.9 cm³/mol. The van der Waals surface area contributed by atoms with Gasteiger partial charge in [-0.1, -0.05) is 13.3 Å². The van der Waals surface area contributed by atoms with Gasteiger partial charge < -0.3 is 0 Å². The Morgan fingerprint density at radius 2 is 2.10 bits per heavy atom. The molecule has 2 heterocycles. The van der Waals surface area contributed by atoms with E-state index in [0.717, 1.165) is 23.2 Å². The first-order chi connectivity index (χ1) is 9.34. The van der Waals surface area contributed by atoms with Crippen molar-refractivity contribution in [2.24, 2.45) is 0 Å². The molecule has 20 heavy (non-hydrogen) atoms. The first-order valence-corrected chi connectivity index (χ1v) is 6.67. The number of rotatable bonds is 3. The number of nitrogens with one attached hydrogen (secondary N) is 1. The normalized spacial score (nSPS) is 11.8. The number of hydrogen-bond donors (Lipinski definition) is 1. The summed E-state index contributed by atoms with van der Waals surface area (Å²) in [5.74, 6) is 0.117. The summed E-state index contributed by atoms with van der Waals surface area (Å²) in [7, 11) is 0. The van der Waals surface area contributed by atoms with Crippen LogP contribution >= 0.6 is 15.9 Å². The van der Waals surface area contributed by atoms with Crippen LogP contribution in [0.4, 0.5) is 13.2 Å². The number of hydrogen-bond acceptors (Lipinski definition) is 2. The molecule has 8 heteroatoms. The number of alkyl halides is 3. The summed E-state index contributed by atoms with van der Waals surface area (Å²) in [5.41, 5.74) is -0.534. The van der Waals surface area contributed by atoms with Gasteiger partial charge in [-0.3, -0.25) is 9.89 Å². The topological polar surface area (TPSA) is 50.7 Å². The van der Waals surface area contributed by atoms with Crippen LogP contribution < -0.4 is 5.56 Å². The van der Waals surface area contributed by atoms with Crippen LogP contribution in [-0.2, 0) is 12.6 Å². The Hall–Kier alpha value is -1.57. The third-order valence-corrected chi connectivity index (χ3v) is 3.52. The van der Waals surface area contributed by atoms with Gasteiger partial charge in [0.15, 0.2) is 5.82 Å². The van der Waals surface area contributed by atoms with Gasteiger partial charge in [-0.05, 0) is 34.5 Å². The Bertz CT molecular complexity index is 658. The fraction of sp³-hybridized carbons (Fsp3) is 0.333. The second-order valence-electron chi connectivity index (χ2n) is 4.20. The maximum absolute atomic E-state index is 12.4. The lowest BCUT2D eigenvalue weighted by Gasteiger charge is -2.06. The molecule has 0 saturated carbocycles. The van der Waals surface area contributed by atoms with Crippen LogP contribution in [0.3, 0.4) is 0 Å². The van der Waals surface area contributed by atoms with Crippen LogP contribution in [0.15, 0.2) is 27.6 Å². The zero-order chi connectivity index (χ0) is 14.9. The number of nitrogens with zero attached hydrogens (tertiary/aromatic N) is 2. The Balaban J connectivity index is 2.42. The summed E-state index contributed by atoms with van der Waals surface area (Å²) < 4.78 is 38.8. The molecule has 0 spiro atoms. The van der Waals surface area contributed by atoms with Crippen LogP contribution in [0.25, 0.3) is 5.82 Å². The lowest BCUT2D eigenvalue weighted by molar-refractivity contribution is -0.137. The van der Waals surface area contributed by atoms with Crippen LogP contribution in [0.1, 0.15) is 24.6 Å². The fourth-order valence-corrected chi connectivity index (χ4v) is 2.19. The maximum atomic E-state index is 12.4. The molecule has 0 atom stereocenters. The molecular weight excluding hydrogens is 339 g/mol. The first kappa shape index (κ1) is 14.8. The van der Waals surface area contributed by atoms with E-state index >= 15 is 0 Å². The largest absolute Gasteiger partial charge is 0.417 e. The van der Waals surface area contributed by atoms with Gasteiger partial charge in [0.25, 0.3) is 5.56 Å². The molecule has 0 aliphatic heterocycles. The summed E-state index contributed by atoms with van der Waals surface area (Å²) in [4.78, 5) is 15.7. The molecular formula is C12H11BrF3N3O. The van der Waals surface area contributed by atoms with E-state index in [1.54, 1.807) is 0 Å². The molecule has 1 N–H and O–H groups in total. The van der Waals surface area contributed by atoms with E-state index in [0.29, 0.717) is 22.8 Å². The van der Waals surface area contributed by atoms with Crippen LogP contribution in [0.5, 0.6) is 0 Å². The van der Waals surface area contributed by atoms with Gasteiger partial charge in [0.2, 0.25) is 0 Å². The van der Waals surface area contributed by atoms with Gasteiger partial charge in [0.05, 0.1) is 11.3 Å². The van der Waals surface area contributed by atoms with Crippen molar-refractivity contribution in [3.8, 4) is 5.82 Å². The summed E-state index contributed by atoms with van der Waals surface area (Å²) >= 11 is 3.17. The Kier molecular flexibility index (Phi) is 4.03. The summed E-state index contributed by atoms with van der Waals surface area (Å²) in [6.45, 7) is 1.96. The van der Waals surface area contributed by atoms with E-state index < -0.39 is 11.7 Å². The average Bonchev–Trinajstić information content (AvgIpc) is 2.67. The second-order valence-corrected chi connectivity index (χ2v) is 4.99. The van der Waals surface area contributed by atoms with Crippen molar-refractivity contribution in [2.75, 3.05) is 0 Å². The lowest BCUT2D eigenvalue weighted by atomic mass is 10.3. The van der Waals surface area contributed by atoms with Crippen molar-refractivity contribution < 1.29 is 13.2 Å². The van der Waals surface area contributed by atoms with Crippen LogP contribution in [0, 0.1) is 0 Å². The monoisotopic (exact) mass is 349 g/mol. The number of aromatic nitrogens is 3. The predicted octanol–water partition coefficient (Wildman–Crippen LogP) is 3.29. The Morgan fingerprint density at radius 1 is 1.40 bits per heavy atom. The van der Waals surface area contributed by atoms with Crippen molar-refractivity contribution >= 4 is 15.9 Å². The van der Waals surface area contributed by atoms with Gasteiger partial charge >= 0.3 is 6.18 Å². The molecule has 0 fully saturated rings. The van der Waals surface area contributed by atoms with E-state index in [1.807, 2.05) is 6.92 Å². The van der Waals surface area contributed by atoms with Crippen LogP contribution in [-0.4, -0.2) is 14.8 Å². The highest BCUT2D eigenvalue weighted by Gasteiger charge is 2.30. The number of pyridine rings is 1. The molecule has 0 aliphatic carbocycles. The fourth-order valence-electron chi connectivity index (χ4n) is 1.73. The number of halogens is 4. The minimum absolute atomic E-state index is 0.117. The molecule has 0 unspecified atom stereocenters. The standard InChI is InChI=1S/C12H11BrF3N3O/c1-2-3-8-10(13)11(20)19(18-8)9-5-4-7(6-17-9)12(14,15)16/h4-6,18H,2-3H2,1H3. The van der Waals surface area contributed by atoms with Crippen molar-refractivity contribution in [1.29, 1.82) is 0 Å². The van der Waals surface area contributed by atoms with E-state index in [-0.39, 0.29) is 11.4 Å². The van der Waals surface area contributed by atoms with E-state index in [1.165, 1.54) is 0 Å². The van der Waals surface area contributed by atoms with Crippen molar-refractivity contribution in [1.82, 2.24) is 14.8 Å². The molecule has 0 aliphatic rings. The molecule has 0 bridgehead atoms. The smallest absolute Gasteiger partial charge is 0.292 e. The number of aromatic amines is 1. The molecule has 0 saturated heterocycles. The van der Waals surface area contributed by atoms with Gasteiger partial charge in [-0.15, -0.1) is 0 Å². The molecule has 0 radical (unpaired) electrons. The van der Waals surface area contributed by atoms with Gasteiger partial charge in [0, 0.05) is 6.20 Å². The van der Waals surface area contributed by atoms with Crippen molar-refractivity contribution in [2.45, 2.75) is 25.9 Å². The average molecular weight is 350 g/mol. The van der Waals surface area contributed by atoms with Crippen molar-refractivity contribution in [3.63, 3.8) is 0 Å². The third kappa shape index (κ3) is 2.79. The van der Waals surface area contributed by atoms with Crippen LogP contribution in [0.2, 0.25) is 0 Å². The Labute approximate surface area is 120 Å². The zero-order valence-electron chi connectivity index (χ0n) is 10.5. The molecule has 0 aromatic carbocycles. The lowest BCUT2D eigenvalue weighted by Crippen LogP contribution is -2.16.